The average molecular weight is 287 g/mol. The molecule has 0 aromatic heterocycles. The average Bonchev–Trinajstić information content (AvgIpc) is 2.97. The second-order valence-electron chi connectivity index (χ2n) is 6.14. The lowest BCUT2D eigenvalue weighted by Gasteiger charge is -2.31. The summed E-state index contributed by atoms with van der Waals surface area (Å²) in [6, 6.07) is 8.11. The van der Waals surface area contributed by atoms with Gasteiger partial charge in [0.15, 0.2) is 0 Å². The third-order valence-corrected chi connectivity index (χ3v) is 4.87. The van der Waals surface area contributed by atoms with E-state index in [0.29, 0.717) is 5.92 Å². The summed E-state index contributed by atoms with van der Waals surface area (Å²) >= 11 is 0. The van der Waals surface area contributed by atoms with Crippen LogP contribution < -0.4 is 10.6 Å². The Morgan fingerprint density at radius 3 is 2.86 bits per heavy atom. The minimum Gasteiger partial charge on any atom is -0.384 e. The Labute approximate surface area is 126 Å². The van der Waals surface area contributed by atoms with Gasteiger partial charge >= 0.3 is 0 Å². The first-order valence-electron chi connectivity index (χ1n) is 8.10. The number of nitrogens with one attached hydrogen (secondary N) is 2. The van der Waals surface area contributed by atoms with Gasteiger partial charge in [0.05, 0.1) is 5.92 Å². The summed E-state index contributed by atoms with van der Waals surface area (Å²) < 4.78 is 0. The zero-order valence-corrected chi connectivity index (χ0v) is 12.8. The highest BCUT2D eigenvalue weighted by Crippen LogP contribution is 2.31. The van der Waals surface area contributed by atoms with Crippen LogP contribution in [0.4, 0.5) is 5.69 Å². The molecule has 1 amide bonds. The molecule has 1 aromatic carbocycles. The van der Waals surface area contributed by atoms with E-state index in [1.807, 2.05) is 18.2 Å². The SMILES string of the molecule is CCN1CCC(CNC(=O)C2CNc3ccccc32)CC1. The van der Waals surface area contributed by atoms with Crippen LogP contribution in [0, 0.1) is 5.92 Å². The Bertz CT molecular complexity index is 495. The summed E-state index contributed by atoms with van der Waals surface area (Å²) in [5.74, 6) is 0.781. The number of fused-ring (bicyclic) bond motifs is 1. The number of hydrogen-bond acceptors (Lipinski definition) is 3. The van der Waals surface area contributed by atoms with Gasteiger partial charge in [0.2, 0.25) is 5.91 Å². The molecule has 2 N–H and O–H groups in total. The van der Waals surface area contributed by atoms with E-state index in [2.05, 4.69) is 28.5 Å². The monoisotopic (exact) mass is 287 g/mol. The number of carbonyl (C=O) groups excluding carboxylic acids is 1. The van der Waals surface area contributed by atoms with E-state index in [1.54, 1.807) is 0 Å². The topological polar surface area (TPSA) is 44.4 Å². The number of hydrogen-bond donors (Lipinski definition) is 2. The lowest BCUT2D eigenvalue weighted by molar-refractivity contribution is -0.122. The van der Waals surface area contributed by atoms with Crippen LogP contribution in [0.3, 0.4) is 0 Å². The molecular weight excluding hydrogens is 262 g/mol. The molecule has 1 atom stereocenters. The van der Waals surface area contributed by atoms with Crippen molar-refractivity contribution in [3.05, 3.63) is 29.8 Å². The van der Waals surface area contributed by atoms with Crippen LogP contribution in [-0.2, 0) is 4.79 Å². The Morgan fingerprint density at radius 2 is 2.10 bits per heavy atom. The molecule has 2 aliphatic heterocycles. The van der Waals surface area contributed by atoms with E-state index in [-0.39, 0.29) is 11.8 Å². The molecule has 4 nitrogen and oxygen atoms in total. The number of likely N-dealkylation sites (tertiary alicyclic amines) is 1. The highest BCUT2D eigenvalue weighted by molar-refractivity contribution is 5.88. The van der Waals surface area contributed by atoms with Gasteiger partial charge in [-0.05, 0) is 50.0 Å². The van der Waals surface area contributed by atoms with Gasteiger partial charge < -0.3 is 15.5 Å². The molecule has 1 aromatic rings. The lowest BCUT2D eigenvalue weighted by Crippen LogP contribution is -2.39. The quantitative estimate of drug-likeness (QED) is 0.891. The summed E-state index contributed by atoms with van der Waals surface area (Å²) in [6.45, 7) is 7.25. The second kappa shape index (κ2) is 6.48. The van der Waals surface area contributed by atoms with Crippen molar-refractivity contribution in [2.45, 2.75) is 25.7 Å². The van der Waals surface area contributed by atoms with Crippen molar-refractivity contribution in [2.24, 2.45) is 5.92 Å². The van der Waals surface area contributed by atoms with E-state index >= 15 is 0 Å². The van der Waals surface area contributed by atoms with Gasteiger partial charge in [-0.3, -0.25) is 4.79 Å². The smallest absolute Gasteiger partial charge is 0.229 e. The number of carbonyl (C=O) groups is 1. The minimum atomic E-state index is -0.0306. The third kappa shape index (κ3) is 3.21. The normalized spacial score (nSPS) is 22.6. The van der Waals surface area contributed by atoms with E-state index in [9.17, 15) is 4.79 Å². The fraction of sp³-hybridized carbons (Fsp3) is 0.588. The van der Waals surface area contributed by atoms with Crippen LogP contribution in [0.25, 0.3) is 0 Å². The van der Waals surface area contributed by atoms with Gasteiger partial charge in [-0.1, -0.05) is 25.1 Å². The third-order valence-electron chi connectivity index (χ3n) is 4.87. The van der Waals surface area contributed by atoms with Crippen molar-refractivity contribution in [2.75, 3.05) is 38.0 Å². The highest BCUT2D eigenvalue weighted by atomic mass is 16.1. The first kappa shape index (κ1) is 14.4. The molecule has 0 aliphatic carbocycles. The van der Waals surface area contributed by atoms with Crippen molar-refractivity contribution < 1.29 is 4.79 Å². The number of anilines is 1. The van der Waals surface area contributed by atoms with Gasteiger partial charge in [-0.15, -0.1) is 0 Å². The summed E-state index contributed by atoms with van der Waals surface area (Å²) in [6.07, 6.45) is 2.40. The maximum atomic E-state index is 12.4. The number of nitrogens with zero attached hydrogens (tertiary/aromatic N) is 1. The maximum Gasteiger partial charge on any atom is 0.229 e. The fourth-order valence-corrected chi connectivity index (χ4v) is 3.39. The summed E-state index contributed by atoms with van der Waals surface area (Å²) in [4.78, 5) is 14.9. The first-order valence-corrected chi connectivity index (χ1v) is 8.10. The molecule has 1 fully saturated rings. The van der Waals surface area contributed by atoms with Gasteiger partial charge in [0.1, 0.15) is 0 Å². The Hall–Kier alpha value is -1.55. The lowest BCUT2D eigenvalue weighted by atomic mass is 9.96. The van der Waals surface area contributed by atoms with Crippen molar-refractivity contribution in [3.63, 3.8) is 0 Å². The molecule has 3 rings (SSSR count). The van der Waals surface area contributed by atoms with Crippen molar-refractivity contribution >= 4 is 11.6 Å². The fourth-order valence-electron chi connectivity index (χ4n) is 3.39. The van der Waals surface area contributed by atoms with Crippen LogP contribution in [0.1, 0.15) is 31.2 Å². The number of rotatable bonds is 4. The Morgan fingerprint density at radius 1 is 1.33 bits per heavy atom. The predicted octanol–water partition coefficient (Wildman–Crippen LogP) is 2.04. The summed E-state index contributed by atoms with van der Waals surface area (Å²) in [7, 11) is 0. The second-order valence-corrected chi connectivity index (χ2v) is 6.14. The van der Waals surface area contributed by atoms with Gasteiger partial charge in [-0.25, -0.2) is 0 Å². The molecule has 21 heavy (non-hydrogen) atoms. The summed E-state index contributed by atoms with van der Waals surface area (Å²) in [5.41, 5.74) is 2.24. The highest BCUT2D eigenvalue weighted by Gasteiger charge is 2.28. The zero-order chi connectivity index (χ0) is 14.7. The van der Waals surface area contributed by atoms with Gasteiger partial charge in [0, 0.05) is 18.8 Å². The largest absolute Gasteiger partial charge is 0.384 e. The van der Waals surface area contributed by atoms with Gasteiger partial charge in [-0.2, -0.15) is 0 Å². The first-order chi connectivity index (χ1) is 10.3. The molecule has 114 valence electrons. The number of para-hydroxylation sites is 1. The molecule has 1 unspecified atom stereocenters. The van der Waals surface area contributed by atoms with E-state index in [1.165, 1.54) is 25.9 Å². The van der Waals surface area contributed by atoms with E-state index < -0.39 is 0 Å². The number of benzene rings is 1. The molecule has 4 heteroatoms. The number of piperidine rings is 1. The van der Waals surface area contributed by atoms with Crippen LogP contribution in [0.2, 0.25) is 0 Å². The van der Waals surface area contributed by atoms with E-state index in [4.69, 9.17) is 0 Å². The zero-order valence-electron chi connectivity index (χ0n) is 12.8. The molecule has 0 radical (unpaired) electrons. The molecule has 0 spiro atoms. The van der Waals surface area contributed by atoms with Crippen molar-refractivity contribution in [1.82, 2.24) is 10.2 Å². The summed E-state index contributed by atoms with van der Waals surface area (Å²) in [5, 5.41) is 6.49. The van der Waals surface area contributed by atoms with Crippen LogP contribution in [-0.4, -0.2) is 43.5 Å². The molecule has 0 saturated carbocycles. The molecule has 2 aliphatic rings. The Balaban J connectivity index is 1.50. The van der Waals surface area contributed by atoms with Gasteiger partial charge in [0.25, 0.3) is 0 Å². The molecule has 0 bridgehead atoms. The molecule has 2 heterocycles. The molecule has 1 saturated heterocycles. The maximum absolute atomic E-state index is 12.4. The van der Waals surface area contributed by atoms with Crippen LogP contribution in [0.15, 0.2) is 24.3 Å². The van der Waals surface area contributed by atoms with Crippen molar-refractivity contribution in [3.8, 4) is 0 Å². The predicted molar refractivity (Wildman–Crippen MR) is 85.5 cm³/mol. The Kier molecular flexibility index (Phi) is 4.44. The van der Waals surface area contributed by atoms with Crippen molar-refractivity contribution in [1.29, 1.82) is 0 Å². The van der Waals surface area contributed by atoms with E-state index in [0.717, 1.165) is 30.9 Å². The van der Waals surface area contributed by atoms with Crippen LogP contribution in [0.5, 0.6) is 0 Å². The van der Waals surface area contributed by atoms with Crippen LogP contribution >= 0.6 is 0 Å². The standard InChI is InChI=1S/C17H25N3O/c1-2-20-9-7-13(8-10-20)11-19-17(21)15-12-18-16-6-4-3-5-14(15)16/h3-6,13,15,18H,2,7-12H2,1H3,(H,19,21). The minimum absolute atomic E-state index is 0.0306. The molecular formula is C17H25N3O. The number of amides is 1.